The minimum atomic E-state index is -3.77. The topological polar surface area (TPSA) is 85.1 Å². The molecule has 1 aromatic carbocycles. The molecule has 2 rings (SSSR count). The van der Waals surface area contributed by atoms with Crippen molar-refractivity contribution in [1.29, 1.82) is 0 Å². The Balaban J connectivity index is 2.16. The summed E-state index contributed by atoms with van der Waals surface area (Å²) in [7, 11) is -3.77. The number of hydrogen-bond donors (Lipinski definition) is 2. The highest BCUT2D eigenvalue weighted by atomic mass is 32.2. The van der Waals surface area contributed by atoms with Gasteiger partial charge in [0.15, 0.2) is 0 Å². The number of nitrogens with zero attached hydrogens (tertiary/aromatic N) is 1. The van der Waals surface area contributed by atoms with Gasteiger partial charge >= 0.3 is 0 Å². The van der Waals surface area contributed by atoms with Gasteiger partial charge in [0.1, 0.15) is 5.82 Å². The predicted molar refractivity (Wildman–Crippen MR) is 69.1 cm³/mol. The van der Waals surface area contributed by atoms with E-state index in [1.54, 1.807) is 24.5 Å². The van der Waals surface area contributed by atoms with Gasteiger partial charge in [-0.05, 0) is 29.8 Å². The second-order valence-electron chi connectivity index (χ2n) is 3.87. The summed E-state index contributed by atoms with van der Waals surface area (Å²) >= 11 is 0. The number of pyridine rings is 1. The van der Waals surface area contributed by atoms with Gasteiger partial charge in [-0.3, -0.25) is 4.98 Å². The van der Waals surface area contributed by atoms with E-state index in [1.165, 1.54) is 12.1 Å². The lowest BCUT2D eigenvalue weighted by Crippen LogP contribution is -2.23. The third-order valence-corrected chi connectivity index (χ3v) is 3.87. The van der Waals surface area contributed by atoms with Crippen LogP contribution in [0.2, 0.25) is 0 Å². The maximum Gasteiger partial charge on any atom is 0.240 e. The number of nitrogen functional groups attached to an aromatic ring is 1. The van der Waals surface area contributed by atoms with Crippen molar-refractivity contribution in [3.63, 3.8) is 0 Å². The first kappa shape index (κ1) is 13.4. The Kier molecular flexibility index (Phi) is 3.77. The molecule has 3 N–H and O–H groups in total. The summed E-state index contributed by atoms with van der Waals surface area (Å²) < 4.78 is 39.5. The highest BCUT2D eigenvalue weighted by molar-refractivity contribution is 7.89. The standard InChI is InChI=1S/C12H12FN3O2S/c13-11-6-10(3-4-12(11)14)19(17,18)16-8-9-2-1-5-15-7-9/h1-7,16H,8,14H2. The number of rotatable bonds is 4. The van der Waals surface area contributed by atoms with Crippen LogP contribution in [0, 0.1) is 5.82 Å². The lowest BCUT2D eigenvalue weighted by atomic mass is 10.3. The van der Waals surface area contributed by atoms with E-state index in [0.29, 0.717) is 5.56 Å². The van der Waals surface area contributed by atoms with Gasteiger partial charge in [0.2, 0.25) is 10.0 Å². The maximum absolute atomic E-state index is 13.2. The van der Waals surface area contributed by atoms with E-state index in [1.807, 2.05) is 0 Å². The molecule has 0 aliphatic carbocycles. The quantitative estimate of drug-likeness (QED) is 0.827. The van der Waals surface area contributed by atoms with Crippen LogP contribution >= 0.6 is 0 Å². The Morgan fingerprint density at radius 2 is 2.11 bits per heavy atom. The minimum Gasteiger partial charge on any atom is -0.396 e. The highest BCUT2D eigenvalue weighted by Gasteiger charge is 2.15. The molecule has 0 saturated carbocycles. The van der Waals surface area contributed by atoms with E-state index in [4.69, 9.17) is 5.73 Å². The normalized spacial score (nSPS) is 11.4. The first-order valence-corrected chi connectivity index (χ1v) is 6.91. The summed E-state index contributed by atoms with van der Waals surface area (Å²) in [6.07, 6.45) is 3.14. The first-order valence-electron chi connectivity index (χ1n) is 5.42. The smallest absolute Gasteiger partial charge is 0.240 e. The molecule has 0 atom stereocenters. The molecule has 0 radical (unpaired) electrons. The van der Waals surface area contributed by atoms with E-state index < -0.39 is 15.8 Å². The number of benzene rings is 1. The van der Waals surface area contributed by atoms with Crippen LogP contribution in [0.3, 0.4) is 0 Å². The minimum absolute atomic E-state index is 0.0855. The van der Waals surface area contributed by atoms with Gasteiger partial charge in [-0.1, -0.05) is 6.07 Å². The fraction of sp³-hybridized carbons (Fsp3) is 0.0833. The summed E-state index contributed by atoms with van der Waals surface area (Å²) in [5, 5.41) is 0. The number of nitrogens with one attached hydrogen (secondary N) is 1. The van der Waals surface area contributed by atoms with E-state index in [-0.39, 0.29) is 17.1 Å². The summed E-state index contributed by atoms with van der Waals surface area (Å²) in [5.41, 5.74) is 5.92. The van der Waals surface area contributed by atoms with Gasteiger partial charge < -0.3 is 5.73 Å². The number of aromatic nitrogens is 1. The molecule has 0 amide bonds. The molecule has 0 aliphatic heterocycles. The summed E-state index contributed by atoms with van der Waals surface area (Å²) in [6.45, 7) is 0.0855. The molecule has 1 aromatic heterocycles. The number of sulfonamides is 1. The Hall–Kier alpha value is -1.99. The lowest BCUT2D eigenvalue weighted by molar-refractivity contribution is 0.578. The van der Waals surface area contributed by atoms with Crippen LogP contribution in [0.5, 0.6) is 0 Å². The molecule has 0 spiro atoms. The molecular formula is C12H12FN3O2S. The molecule has 0 fully saturated rings. The molecule has 19 heavy (non-hydrogen) atoms. The van der Waals surface area contributed by atoms with Gasteiger partial charge in [-0.15, -0.1) is 0 Å². The zero-order chi connectivity index (χ0) is 13.9. The number of hydrogen-bond acceptors (Lipinski definition) is 4. The van der Waals surface area contributed by atoms with Crippen molar-refractivity contribution in [3.05, 3.63) is 54.1 Å². The van der Waals surface area contributed by atoms with Gasteiger partial charge in [0.25, 0.3) is 0 Å². The van der Waals surface area contributed by atoms with Gasteiger partial charge in [0.05, 0.1) is 10.6 Å². The van der Waals surface area contributed by atoms with Crippen molar-refractivity contribution in [2.24, 2.45) is 0 Å². The number of halogens is 1. The van der Waals surface area contributed by atoms with Crippen LogP contribution in [-0.4, -0.2) is 13.4 Å². The Bertz CT molecular complexity index is 675. The van der Waals surface area contributed by atoms with Crippen LogP contribution in [0.1, 0.15) is 5.56 Å². The zero-order valence-corrected chi connectivity index (χ0v) is 10.7. The van der Waals surface area contributed by atoms with Crippen LogP contribution in [-0.2, 0) is 16.6 Å². The van der Waals surface area contributed by atoms with Crippen molar-refractivity contribution in [2.75, 3.05) is 5.73 Å². The van der Waals surface area contributed by atoms with Gasteiger partial charge in [0, 0.05) is 18.9 Å². The average Bonchev–Trinajstić information content (AvgIpc) is 2.41. The Labute approximate surface area is 110 Å². The van der Waals surface area contributed by atoms with E-state index in [9.17, 15) is 12.8 Å². The fourth-order valence-corrected chi connectivity index (χ4v) is 2.47. The monoisotopic (exact) mass is 281 g/mol. The first-order chi connectivity index (χ1) is 8.99. The predicted octanol–water partition coefficient (Wildman–Crippen LogP) is 1.28. The van der Waals surface area contributed by atoms with Crippen molar-refractivity contribution in [2.45, 2.75) is 11.4 Å². The number of anilines is 1. The largest absolute Gasteiger partial charge is 0.396 e. The molecule has 1 heterocycles. The van der Waals surface area contributed by atoms with Gasteiger partial charge in [-0.2, -0.15) is 0 Å². The zero-order valence-electron chi connectivity index (χ0n) is 9.88. The molecule has 0 bridgehead atoms. The van der Waals surface area contributed by atoms with Crippen LogP contribution in [0.25, 0.3) is 0 Å². The van der Waals surface area contributed by atoms with E-state index >= 15 is 0 Å². The van der Waals surface area contributed by atoms with Crippen molar-refractivity contribution in [1.82, 2.24) is 9.71 Å². The van der Waals surface area contributed by atoms with Crippen LogP contribution < -0.4 is 10.5 Å². The third-order valence-electron chi connectivity index (χ3n) is 2.47. The average molecular weight is 281 g/mol. The summed E-state index contributed by atoms with van der Waals surface area (Å²) in [5.74, 6) is -0.760. The number of nitrogens with two attached hydrogens (primary N) is 1. The third kappa shape index (κ3) is 3.27. The fourth-order valence-electron chi connectivity index (χ4n) is 1.44. The maximum atomic E-state index is 13.2. The molecule has 0 unspecified atom stereocenters. The van der Waals surface area contributed by atoms with Crippen LogP contribution in [0.15, 0.2) is 47.6 Å². The lowest BCUT2D eigenvalue weighted by Gasteiger charge is -2.07. The second-order valence-corrected chi connectivity index (χ2v) is 5.64. The molecule has 0 aliphatic rings. The highest BCUT2D eigenvalue weighted by Crippen LogP contribution is 2.16. The van der Waals surface area contributed by atoms with Crippen molar-refractivity contribution < 1.29 is 12.8 Å². The Morgan fingerprint density at radius 1 is 1.32 bits per heavy atom. The summed E-state index contributed by atoms with van der Waals surface area (Å²) in [6, 6.07) is 6.80. The molecule has 100 valence electrons. The molecule has 0 saturated heterocycles. The SMILES string of the molecule is Nc1ccc(S(=O)(=O)NCc2cccnc2)cc1F. The van der Waals surface area contributed by atoms with Crippen LogP contribution in [0.4, 0.5) is 10.1 Å². The molecule has 2 aromatic rings. The van der Waals surface area contributed by atoms with Gasteiger partial charge in [-0.25, -0.2) is 17.5 Å². The molecule has 5 nitrogen and oxygen atoms in total. The van der Waals surface area contributed by atoms with Crippen molar-refractivity contribution >= 4 is 15.7 Å². The summed E-state index contributed by atoms with van der Waals surface area (Å²) in [4.78, 5) is 3.71. The molecular weight excluding hydrogens is 269 g/mol. The Morgan fingerprint density at radius 3 is 2.74 bits per heavy atom. The van der Waals surface area contributed by atoms with E-state index in [0.717, 1.165) is 6.07 Å². The van der Waals surface area contributed by atoms with Crippen molar-refractivity contribution in [3.8, 4) is 0 Å². The second kappa shape index (κ2) is 5.33. The molecule has 7 heteroatoms. The van der Waals surface area contributed by atoms with E-state index in [2.05, 4.69) is 9.71 Å².